The number of aliphatic hydroxyl groups excluding tert-OH is 1. The van der Waals surface area contributed by atoms with Gasteiger partial charge in [-0.3, -0.25) is 4.79 Å². The maximum atomic E-state index is 11.5. The molecule has 90 valence electrons. The van der Waals surface area contributed by atoms with Crippen molar-refractivity contribution in [2.45, 2.75) is 12.8 Å². The van der Waals surface area contributed by atoms with Gasteiger partial charge in [0, 0.05) is 18.0 Å². The molecule has 0 atom stereocenters. The number of amides is 1. The van der Waals surface area contributed by atoms with E-state index in [1.165, 1.54) is 6.08 Å². The van der Waals surface area contributed by atoms with Gasteiger partial charge in [0.2, 0.25) is 5.91 Å². The Morgan fingerprint density at radius 3 is 2.65 bits per heavy atom. The van der Waals surface area contributed by atoms with Gasteiger partial charge in [0.25, 0.3) is 0 Å². The molecule has 3 nitrogen and oxygen atoms in total. The number of hydrogen-bond donors (Lipinski definition) is 2. The van der Waals surface area contributed by atoms with Crippen molar-refractivity contribution in [1.82, 2.24) is 5.32 Å². The Hall–Kier alpha value is -1.61. The summed E-state index contributed by atoms with van der Waals surface area (Å²) >= 11 is 0. The molecule has 17 heavy (non-hydrogen) atoms. The zero-order valence-electron chi connectivity index (χ0n) is 9.73. The average Bonchev–Trinajstić information content (AvgIpc) is 3.16. The van der Waals surface area contributed by atoms with E-state index in [-0.39, 0.29) is 17.9 Å². The molecule has 1 aromatic rings. The number of aliphatic hydroxyl groups is 1. The van der Waals surface area contributed by atoms with Gasteiger partial charge >= 0.3 is 0 Å². The molecule has 0 bridgehead atoms. The van der Waals surface area contributed by atoms with Crippen LogP contribution in [0.4, 0.5) is 0 Å². The average molecular weight is 231 g/mol. The lowest BCUT2D eigenvalue weighted by atomic mass is 10.1. The lowest BCUT2D eigenvalue weighted by Gasteiger charge is -2.10. The molecular weight excluding hydrogens is 214 g/mol. The van der Waals surface area contributed by atoms with Gasteiger partial charge in [0.05, 0.1) is 6.61 Å². The Morgan fingerprint density at radius 1 is 1.35 bits per heavy atom. The van der Waals surface area contributed by atoms with Crippen molar-refractivity contribution in [2.75, 3.05) is 13.2 Å². The molecule has 1 fully saturated rings. The minimum Gasteiger partial charge on any atom is -0.396 e. The molecule has 3 heteroatoms. The summed E-state index contributed by atoms with van der Waals surface area (Å²) in [4.78, 5) is 11.5. The first-order valence-electron chi connectivity index (χ1n) is 5.86. The van der Waals surface area contributed by atoms with Crippen molar-refractivity contribution in [3.05, 3.63) is 42.0 Å². The highest BCUT2D eigenvalue weighted by Gasteiger charge is 2.41. The third-order valence-corrected chi connectivity index (χ3v) is 3.16. The Bertz CT molecular complexity index is 407. The number of rotatable bonds is 5. The zero-order chi connectivity index (χ0) is 12.1. The summed E-state index contributed by atoms with van der Waals surface area (Å²) in [5.74, 6) is -0.103. The molecule has 0 aromatic heterocycles. The Labute approximate surface area is 101 Å². The monoisotopic (exact) mass is 231 g/mol. The number of carbonyl (C=O) groups is 1. The molecule has 0 heterocycles. The van der Waals surface area contributed by atoms with Gasteiger partial charge in [0.15, 0.2) is 0 Å². The van der Waals surface area contributed by atoms with Gasteiger partial charge in [-0.15, -0.1) is 0 Å². The lowest BCUT2D eigenvalue weighted by molar-refractivity contribution is -0.116. The number of carbonyl (C=O) groups excluding carboxylic acids is 1. The molecule has 1 amide bonds. The molecule has 1 aliphatic carbocycles. The maximum Gasteiger partial charge on any atom is 0.244 e. The molecule has 2 rings (SSSR count). The zero-order valence-corrected chi connectivity index (χ0v) is 9.73. The van der Waals surface area contributed by atoms with E-state index in [0.717, 1.165) is 18.4 Å². The van der Waals surface area contributed by atoms with Crippen LogP contribution in [0.5, 0.6) is 0 Å². The summed E-state index contributed by atoms with van der Waals surface area (Å²) in [5.41, 5.74) is 0.974. The molecule has 1 aliphatic rings. The van der Waals surface area contributed by atoms with Gasteiger partial charge in [-0.2, -0.15) is 0 Å². The van der Waals surface area contributed by atoms with Crippen LogP contribution in [0, 0.1) is 5.41 Å². The van der Waals surface area contributed by atoms with E-state index in [2.05, 4.69) is 5.32 Å². The number of benzene rings is 1. The summed E-state index contributed by atoms with van der Waals surface area (Å²) in [6, 6.07) is 9.69. The van der Waals surface area contributed by atoms with E-state index in [1.54, 1.807) is 6.08 Å². The van der Waals surface area contributed by atoms with Gasteiger partial charge in [-0.05, 0) is 24.5 Å². The van der Waals surface area contributed by atoms with Crippen LogP contribution in [0.1, 0.15) is 18.4 Å². The molecule has 0 aliphatic heterocycles. The Balaban J connectivity index is 1.79. The summed E-state index contributed by atoms with van der Waals surface area (Å²) < 4.78 is 0. The second kappa shape index (κ2) is 5.15. The minimum absolute atomic E-state index is 0.0315. The first-order valence-corrected chi connectivity index (χ1v) is 5.86. The summed E-state index contributed by atoms with van der Waals surface area (Å²) in [6.45, 7) is 0.733. The van der Waals surface area contributed by atoms with E-state index in [1.807, 2.05) is 30.3 Å². The van der Waals surface area contributed by atoms with Crippen molar-refractivity contribution in [3.8, 4) is 0 Å². The van der Waals surface area contributed by atoms with E-state index in [9.17, 15) is 4.79 Å². The first kappa shape index (κ1) is 11.9. The first-order chi connectivity index (χ1) is 8.24. The summed E-state index contributed by atoms with van der Waals surface area (Å²) in [7, 11) is 0. The third-order valence-electron chi connectivity index (χ3n) is 3.16. The second-order valence-electron chi connectivity index (χ2n) is 4.62. The highest BCUT2D eigenvalue weighted by atomic mass is 16.3. The van der Waals surface area contributed by atoms with Crippen molar-refractivity contribution < 1.29 is 9.90 Å². The maximum absolute atomic E-state index is 11.5. The normalized spacial score (nSPS) is 17.0. The molecule has 0 unspecified atom stereocenters. The third kappa shape index (κ3) is 3.43. The van der Waals surface area contributed by atoms with E-state index in [0.29, 0.717) is 6.54 Å². The van der Waals surface area contributed by atoms with Crippen molar-refractivity contribution in [3.63, 3.8) is 0 Å². The van der Waals surface area contributed by atoms with Crippen LogP contribution in [-0.4, -0.2) is 24.2 Å². The Morgan fingerprint density at radius 2 is 2.06 bits per heavy atom. The molecule has 2 N–H and O–H groups in total. The van der Waals surface area contributed by atoms with Gasteiger partial charge in [-0.1, -0.05) is 30.3 Å². The van der Waals surface area contributed by atoms with Crippen molar-refractivity contribution >= 4 is 12.0 Å². The van der Waals surface area contributed by atoms with Crippen LogP contribution in [-0.2, 0) is 4.79 Å². The Kier molecular flexibility index (Phi) is 3.59. The SMILES string of the molecule is O=C(/C=C/c1ccccc1)NCC1(CO)CC1. The van der Waals surface area contributed by atoms with E-state index >= 15 is 0 Å². The van der Waals surface area contributed by atoms with Crippen LogP contribution in [0.15, 0.2) is 36.4 Å². The second-order valence-corrected chi connectivity index (χ2v) is 4.62. The molecule has 0 radical (unpaired) electrons. The topological polar surface area (TPSA) is 49.3 Å². The predicted molar refractivity (Wildman–Crippen MR) is 67.2 cm³/mol. The van der Waals surface area contributed by atoms with E-state index in [4.69, 9.17) is 5.11 Å². The smallest absolute Gasteiger partial charge is 0.244 e. The molecule has 0 spiro atoms. The minimum atomic E-state index is -0.103. The van der Waals surface area contributed by atoms with Crippen LogP contribution >= 0.6 is 0 Å². The quantitative estimate of drug-likeness (QED) is 0.756. The number of nitrogens with one attached hydrogen (secondary N) is 1. The predicted octanol–water partition coefficient (Wildman–Crippen LogP) is 1.59. The molecular formula is C14H17NO2. The highest BCUT2D eigenvalue weighted by molar-refractivity contribution is 5.91. The van der Waals surface area contributed by atoms with Crippen LogP contribution in [0.25, 0.3) is 6.08 Å². The fourth-order valence-corrected chi connectivity index (χ4v) is 1.64. The summed E-state index contributed by atoms with van der Waals surface area (Å²) in [5, 5.41) is 11.9. The van der Waals surface area contributed by atoms with E-state index < -0.39 is 0 Å². The fraction of sp³-hybridized carbons (Fsp3) is 0.357. The van der Waals surface area contributed by atoms with Crippen LogP contribution in [0.2, 0.25) is 0 Å². The largest absolute Gasteiger partial charge is 0.396 e. The molecule has 0 saturated heterocycles. The van der Waals surface area contributed by atoms with Gasteiger partial charge < -0.3 is 10.4 Å². The van der Waals surface area contributed by atoms with Gasteiger partial charge in [0.1, 0.15) is 0 Å². The van der Waals surface area contributed by atoms with Gasteiger partial charge in [-0.25, -0.2) is 0 Å². The molecule has 1 saturated carbocycles. The van der Waals surface area contributed by atoms with Crippen LogP contribution < -0.4 is 5.32 Å². The highest BCUT2D eigenvalue weighted by Crippen LogP contribution is 2.44. The van der Waals surface area contributed by atoms with Crippen LogP contribution in [0.3, 0.4) is 0 Å². The standard InChI is InChI=1S/C14H17NO2/c16-11-14(8-9-14)10-15-13(17)7-6-12-4-2-1-3-5-12/h1-7,16H,8-11H2,(H,15,17)/b7-6+. The summed E-state index contributed by atoms with van der Waals surface area (Å²) in [6.07, 6.45) is 5.33. The fourth-order valence-electron chi connectivity index (χ4n) is 1.64. The molecule has 1 aromatic carbocycles. The lowest BCUT2D eigenvalue weighted by Crippen LogP contribution is -2.30. The number of hydrogen-bond acceptors (Lipinski definition) is 2. The van der Waals surface area contributed by atoms with Crippen molar-refractivity contribution in [1.29, 1.82) is 0 Å². The van der Waals surface area contributed by atoms with Crippen molar-refractivity contribution in [2.24, 2.45) is 5.41 Å².